The Balaban J connectivity index is 0.618. The van der Waals surface area contributed by atoms with Crippen LogP contribution in [0.5, 0.6) is 0 Å². The summed E-state index contributed by atoms with van der Waals surface area (Å²) in [5.41, 5.74) is 30.0. The fourth-order valence-electron chi connectivity index (χ4n) is 19.0. The quantitative estimate of drug-likeness (QED) is 0.102. The lowest BCUT2D eigenvalue weighted by Crippen LogP contribution is -2.31. The zero-order valence-electron chi connectivity index (χ0n) is 61.4. The number of fused-ring (bicyclic) bond motifs is 12. The van der Waals surface area contributed by atoms with Gasteiger partial charge < -0.3 is 23.4 Å². The smallest absolute Gasteiger partial charge is 0.138 e. The normalized spacial score (nSPS) is 18.4. The van der Waals surface area contributed by atoms with Crippen LogP contribution in [-0.2, 0) is 18.3 Å². The minimum absolute atomic E-state index is 0.173. The lowest BCUT2D eigenvalue weighted by atomic mass is 9.69. The van der Waals surface area contributed by atoms with Crippen molar-refractivity contribution in [2.24, 2.45) is 5.92 Å². The van der Waals surface area contributed by atoms with Crippen molar-refractivity contribution in [2.75, 3.05) is 9.80 Å². The van der Waals surface area contributed by atoms with Crippen LogP contribution in [0.1, 0.15) is 88.6 Å². The number of anilines is 4. The molecule has 13 aromatic carbocycles. The largest absolute Gasteiger partial charge is 0.456 e. The molecule has 5 nitrogen and oxygen atoms in total. The molecule has 0 saturated carbocycles. The fourth-order valence-corrected chi connectivity index (χ4v) is 19.0. The summed E-state index contributed by atoms with van der Waals surface area (Å²) in [6, 6.07) is 117. The number of furan rings is 1. The van der Waals surface area contributed by atoms with Crippen molar-refractivity contribution in [1.29, 1.82) is 0 Å². The Morgan fingerprint density at radius 3 is 1.56 bits per heavy atom. The molecule has 0 saturated heterocycles. The number of allylic oxidation sites excluding steroid dienone is 11. The van der Waals surface area contributed by atoms with Gasteiger partial charge in [-0.05, 0) is 227 Å². The van der Waals surface area contributed by atoms with Crippen LogP contribution in [0, 0.1) is 5.92 Å². The molecule has 3 heterocycles. The Morgan fingerprint density at radius 1 is 0.391 bits per heavy atom. The molecule has 5 unspecified atom stereocenters. The average molecular weight is 1410 g/mol. The predicted molar refractivity (Wildman–Crippen MR) is 459 cm³/mol. The van der Waals surface area contributed by atoms with E-state index in [1.54, 1.807) is 0 Å². The number of rotatable bonds is 15. The van der Waals surface area contributed by atoms with Crippen molar-refractivity contribution < 1.29 is 4.42 Å². The van der Waals surface area contributed by atoms with Crippen LogP contribution in [-0.4, -0.2) is 9.13 Å². The predicted octanol–water partition coefficient (Wildman–Crippen LogP) is 27.2. The van der Waals surface area contributed by atoms with Gasteiger partial charge in [-0.1, -0.05) is 256 Å². The van der Waals surface area contributed by atoms with Crippen molar-refractivity contribution in [1.82, 2.24) is 9.13 Å². The van der Waals surface area contributed by atoms with Gasteiger partial charge in [-0.2, -0.15) is 0 Å². The van der Waals surface area contributed by atoms with E-state index in [1.165, 1.54) is 122 Å². The lowest BCUT2D eigenvalue weighted by molar-refractivity contribution is 0.357. The van der Waals surface area contributed by atoms with Gasteiger partial charge in [-0.15, -0.1) is 0 Å². The molecule has 5 atom stereocenters. The number of aryl methyl sites for hydroxylation is 1. The lowest BCUT2D eigenvalue weighted by Gasteiger charge is -2.35. The van der Waals surface area contributed by atoms with E-state index in [9.17, 15) is 0 Å². The molecule has 5 aliphatic rings. The number of hydrogen-bond acceptors (Lipinski definition) is 3. The number of benzene rings is 13. The van der Waals surface area contributed by atoms with E-state index >= 15 is 0 Å². The van der Waals surface area contributed by atoms with Crippen molar-refractivity contribution >= 4 is 82.9 Å². The molecule has 526 valence electrons. The van der Waals surface area contributed by atoms with Gasteiger partial charge in [0.15, 0.2) is 0 Å². The minimum atomic E-state index is -0.246. The molecule has 0 radical (unpaired) electrons. The van der Waals surface area contributed by atoms with Gasteiger partial charge in [0.05, 0.1) is 22.1 Å². The summed E-state index contributed by atoms with van der Waals surface area (Å²) in [4.78, 5) is 4.94. The maximum Gasteiger partial charge on any atom is 0.138 e. The number of nitrogens with zero attached hydrogens (tertiary/aromatic N) is 4. The first kappa shape index (κ1) is 65.1. The minimum Gasteiger partial charge on any atom is -0.456 e. The van der Waals surface area contributed by atoms with Crippen molar-refractivity contribution in [3.8, 4) is 33.6 Å². The highest BCUT2D eigenvalue weighted by Crippen LogP contribution is 2.56. The third-order valence-electron chi connectivity index (χ3n) is 24.4. The topological polar surface area (TPSA) is 29.5 Å². The van der Waals surface area contributed by atoms with Crippen LogP contribution < -0.4 is 9.80 Å². The van der Waals surface area contributed by atoms with Crippen LogP contribution in [0.15, 0.2) is 398 Å². The van der Waals surface area contributed by atoms with Gasteiger partial charge in [0, 0.05) is 107 Å². The van der Waals surface area contributed by atoms with Crippen LogP contribution in [0.4, 0.5) is 22.7 Å². The van der Waals surface area contributed by atoms with Gasteiger partial charge >= 0.3 is 0 Å². The van der Waals surface area contributed by atoms with Crippen LogP contribution in [0.25, 0.3) is 93.8 Å². The van der Waals surface area contributed by atoms with Crippen molar-refractivity contribution in [3.05, 3.63) is 438 Å². The highest BCUT2D eigenvalue weighted by Gasteiger charge is 2.48. The van der Waals surface area contributed by atoms with E-state index in [1.807, 2.05) is 0 Å². The second-order valence-electron chi connectivity index (χ2n) is 30.7. The molecule has 110 heavy (non-hydrogen) atoms. The molecule has 0 N–H and O–H groups in total. The highest BCUT2D eigenvalue weighted by molar-refractivity contribution is 6.11. The zero-order chi connectivity index (χ0) is 72.8. The van der Waals surface area contributed by atoms with E-state index in [2.05, 4.69) is 408 Å². The van der Waals surface area contributed by atoms with Crippen molar-refractivity contribution in [2.45, 2.75) is 62.2 Å². The standard InChI is InChI=1S/C105H80N4O/c1-105(97-34-17-14-29-89(97)90-61-60-87(68-98(90)105)107(85-52-40-74(41-53-85)72-23-8-3-9-24-72)86-56-44-75(45-57-86)78-48-63-101-95(66-78)91-30-15-18-35-99(91)108(101)80-25-10-4-11-26-80)69-70-37-62-100-94(65-70)96-67-79(49-64-102(96)109(100)81-27-12-5-13-28-81)76-42-54-83(55-43-76)106(82-50-38-73(39-51-82)71-21-6-2-7-22-71)84-58-46-77(47-59-84)88-32-20-33-93-92-31-16-19-36-103(92)110-104(88)93/h2-19,21-32,34-40,42,44-68,74,76,89,97H,20,33,41,43,69H2,1H3. The molecule has 0 spiro atoms. The fraction of sp³-hybridized carbons (Fsp3) is 0.105. The Labute approximate surface area is 642 Å². The van der Waals surface area contributed by atoms with Crippen LogP contribution >= 0.6 is 0 Å². The average Bonchev–Trinajstić information content (AvgIpc) is 1.55. The number of aromatic nitrogens is 2. The Kier molecular flexibility index (Phi) is 15.9. The van der Waals surface area contributed by atoms with Gasteiger partial charge in [0.25, 0.3) is 0 Å². The first-order chi connectivity index (χ1) is 54.4. The monoisotopic (exact) mass is 1410 g/mol. The molecule has 0 fully saturated rings. The molecule has 0 amide bonds. The van der Waals surface area contributed by atoms with E-state index in [0.29, 0.717) is 5.92 Å². The van der Waals surface area contributed by atoms with E-state index in [0.717, 1.165) is 83.1 Å². The molecular weight excluding hydrogens is 1330 g/mol. The first-order valence-electron chi connectivity index (χ1n) is 39.1. The van der Waals surface area contributed by atoms with Gasteiger partial charge in [0.2, 0.25) is 0 Å². The summed E-state index contributed by atoms with van der Waals surface area (Å²) in [5, 5.41) is 6.27. The van der Waals surface area contributed by atoms with Crippen LogP contribution in [0.2, 0.25) is 0 Å². The molecule has 0 aliphatic heterocycles. The maximum atomic E-state index is 6.59. The second kappa shape index (κ2) is 26.9. The number of para-hydroxylation sites is 4. The molecule has 16 aromatic rings. The van der Waals surface area contributed by atoms with Crippen molar-refractivity contribution in [3.63, 3.8) is 0 Å². The summed E-state index contributed by atoms with van der Waals surface area (Å²) in [5.74, 6) is 2.01. The highest BCUT2D eigenvalue weighted by atomic mass is 16.3. The summed E-state index contributed by atoms with van der Waals surface area (Å²) in [6.45, 7) is 2.55. The Hall–Kier alpha value is -13.2. The Bertz CT molecular complexity index is 6500. The SMILES string of the molecule is CC1(Cc2ccc3c(c2)c2cc(C4C=CC(N(c5ccc(C6=CCCc7c6oc6ccccc76)cc5)c5ccc(-c6ccccc6)cc5)=CC4)ccc2n3-c2ccccc2)c2cc(N(C3=CCC(c4ccccc4)C=C3)c3ccc(-c4ccc5c(c4)c4ccccc4n5-c4ccccc4)cc3)ccc2C2C=CC=CC21. The third-order valence-corrected chi connectivity index (χ3v) is 24.4. The second-order valence-corrected chi connectivity index (χ2v) is 30.7. The molecule has 5 aliphatic carbocycles. The number of hydrogen-bond donors (Lipinski definition) is 0. The zero-order valence-corrected chi connectivity index (χ0v) is 61.4. The van der Waals surface area contributed by atoms with E-state index < -0.39 is 0 Å². The summed E-state index contributed by atoms with van der Waals surface area (Å²) in [6.07, 6.45) is 31.0. The maximum absolute atomic E-state index is 6.59. The van der Waals surface area contributed by atoms with E-state index in [-0.39, 0.29) is 23.2 Å². The summed E-state index contributed by atoms with van der Waals surface area (Å²) < 4.78 is 11.5. The Morgan fingerprint density at radius 2 is 0.900 bits per heavy atom. The summed E-state index contributed by atoms with van der Waals surface area (Å²) in [7, 11) is 0. The summed E-state index contributed by atoms with van der Waals surface area (Å²) >= 11 is 0. The van der Waals surface area contributed by atoms with E-state index in [4.69, 9.17) is 4.42 Å². The van der Waals surface area contributed by atoms with Gasteiger partial charge in [0.1, 0.15) is 11.3 Å². The molecule has 21 rings (SSSR count). The third kappa shape index (κ3) is 11.2. The molecule has 3 aromatic heterocycles. The molecular formula is C105H80N4O. The first-order valence-corrected chi connectivity index (χ1v) is 39.1. The molecule has 5 heteroatoms. The molecule has 0 bridgehead atoms. The van der Waals surface area contributed by atoms with Gasteiger partial charge in [-0.3, -0.25) is 0 Å². The van der Waals surface area contributed by atoms with Gasteiger partial charge in [-0.25, -0.2) is 0 Å². The van der Waals surface area contributed by atoms with Crippen LogP contribution in [0.3, 0.4) is 0 Å².